The van der Waals surface area contributed by atoms with Crippen LogP contribution in [-0.2, 0) is 6.61 Å². The van der Waals surface area contributed by atoms with Gasteiger partial charge in [-0.25, -0.2) is 4.79 Å². The molecule has 3 aromatic rings. The molecule has 0 N–H and O–H groups in total. The van der Waals surface area contributed by atoms with Crippen LogP contribution in [0.25, 0.3) is 0 Å². The van der Waals surface area contributed by atoms with Gasteiger partial charge in [0.25, 0.3) is 0 Å². The minimum absolute atomic E-state index is 0.302. The van der Waals surface area contributed by atoms with Crippen LogP contribution >= 0.6 is 159 Å². The summed E-state index contributed by atoms with van der Waals surface area (Å²) < 4.78 is 19.1. The van der Waals surface area contributed by atoms with E-state index in [0.717, 1.165) is 41.3 Å². The van der Waals surface area contributed by atoms with Crippen molar-refractivity contribution in [3.8, 4) is 11.5 Å². The van der Waals surface area contributed by atoms with Crippen molar-refractivity contribution >= 4 is 165 Å². The molecule has 0 atom stereocenters. The lowest BCUT2D eigenvalue weighted by atomic mass is 10.1. The van der Waals surface area contributed by atoms with Crippen LogP contribution in [0.15, 0.2) is 69.0 Å². The fourth-order valence-electron chi connectivity index (χ4n) is 2.43. The zero-order chi connectivity index (χ0) is 24.6. The Bertz CT molecular complexity index is 1200. The van der Waals surface area contributed by atoms with Gasteiger partial charge in [-0.1, -0.05) is 12.1 Å². The predicted octanol–water partition coefficient (Wildman–Crippen LogP) is 12.1. The maximum atomic E-state index is 12.7. The van der Waals surface area contributed by atoms with Crippen molar-refractivity contribution in [2.75, 3.05) is 0 Å². The highest BCUT2D eigenvalue weighted by atomic mass is 79.9. The second-order valence-electron chi connectivity index (χ2n) is 6.17. The van der Waals surface area contributed by atoms with Crippen LogP contribution < -0.4 is 9.47 Å². The summed E-state index contributed by atoms with van der Waals surface area (Å²) in [7, 11) is 0. The number of ether oxygens (including phenoxy) is 2. The third kappa shape index (κ3) is 6.42. The molecule has 0 fully saturated rings. The number of hydrogen-bond donors (Lipinski definition) is 0. The van der Waals surface area contributed by atoms with Crippen LogP contribution in [0.2, 0.25) is 0 Å². The zero-order valence-electron chi connectivity index (χ0n) is 15.5. The van der Waals surface area contributed by atoms with Gasteiger partial charge in [-0.15, -0.1) is 0 Å². The molecule has 0 bridgehead atoms. The van der Waals surface area contributed by atoms with E-state index in [9.17, 15) is 4.79 Å². The van der Waals surface area contributed by atoms with Crippen LogP contribution in [0.5, 0.6) is 11.5 Å². The Balaban J connectivity index is 1.77. The number of esters is 1. The molecule has 0 aliphatic carbocycles. The molecule has 0 aromatic heterocycles. The highest BCUT2D eigenvalue weighted by Gasteiger charge is 2.22. The lowest BCUT2D eigenvalue weighted by Crippen LogP contribution is -2.10. The van der Waals surface area contributed by atoms with E-state index >= 15 is 0 Å². The first-order valence-corrected chi connectivity index (χ1v) is 16.3. The quantitative estimate of drug-likeness (QED) is 0.111. The summed E-state index contributed by atoms with van der Waals surface area (Å²) in [5.74, 6) is 0.508. The van der Waals surface area contributed by atoms with E-state index < -0.39 is 5.97 Å². The molecule has 0 unspecified atom stereocenters. The molecule has 174 valence electrons. The Morgan fingerprint density at radius 1 is 0.545 bits per heavy atom. The van der Waals surface area contributed by atoms with Crippen LogP contribution in [0.3, 0.4) is 0 Å². The molecule has 0 saturated heterocycles. The second-order valence-corrected chi connectivity index (χ2v) is 14.1. The smallest absolute Gasteiger partial charge is 0.343 e. The van der Waals surface area contributed by atoms with Crippen molar-refractivity contribution in [3.05, 3.63) is 80.1 Å². The molecule has 0 aliphatic heterocycles. The van der Waals surface area contributed by atoms with Gasteiger partial charge >= 0.3 is 5.97 Å². The summed E-state index contributed by atoms with van der Waals surface area (Å²) in [6, 6.07) is 7.03. The molecule has 0 aliphatic rings. The van der Waals surface area contributed by atoms with E-state index in [0.29, 0.717) is 32.6 Å². The standard InChI is InChI=1S/C20H6Br10O3/c21-8-10(23)14(27)18(15(28)11(8)24)32-5-6-1-3-7(4-2-6)20(31)33-19-16(29)12(25)9(22)13(26)17(19)30/h1-4H,5H2. The summed E-state index contributed by atoms with van der Waals surface area (Å²) in [5.41, 5.74) is 1.29. The van der Waals surface area contributed by atoms with Crippen LogP contribution in [-0.4, -0.2) is 5.97 Å². The fourth-order valence-corrected chi connectivity index (χ4v) is 8.84. The number of hydrogen-bond acceptors (Lipinski definition) is 3. The van der Waals surface area contributed by atoms with Crippen molar-refractivity contribution in [2.24, 2.45) is 0 Å². The zero-order valence-corrected chi connectivity index (χ0v) is 31.4. The summed E-state index contributed by atoms with van der Waals surface area (Å²) >= 11 is 35.0. The van der Waals surface area contributed by atoms with Crippen molar-refractivity contribution in [1.82, 2.24) is 0 Å². The Hall–Kier alpha value is 1.73. The minimum Gasteiger partial charge on any atom is -0.486 e. The van der Waals surface area contributed by atoms with Gasteiger partial charge in [0.15, 0.2) is 11.5 Å². The molecule has 3 aromatic carbocycles. The van der Waals surface area contributed by atoms with E-state index in [-0.39, 0.29) is 0 Å². The fraction of sp³-hybridized carbons (Fsp3) is 0.0500. The van der Waals surface area contributed by atoms with E-state index in [4.69, 9.17) is 9.47 Å². The molecule has 0 saturated carbocycles. The van der Waals surface area contributed by atoms with E-state index in [1.165, 1.54) is 0 Å². The van der Waals surface area contributed by atoms with E-state index in [1.807, 2.05) is 12.1 Å². The SMILES string of the molecule is O=C(Oc1c(Br)c(Br)c(Br)c(Br)c1Br)c1ccc(COc2c(Br)c(Br)c(Br)c(Br)c2Br)cc1. The Morgan fingerprint density at radius 3 is 1.33 bits per heavy atom. The molecule has 33 heavy (non-hydrogen) atoms. The van der Waals surface area contributed by atoms with Gasteiger partial charge in [-0.3, -0.25) is 0 Å². The summed E-state index contributed by atoms with van der Waals surface area (Å²) in [4.78, 5) is 12.7. The third-order valence-electron chi connectivity index (χ3n) is 4.11. The molecule has 0 radical (unpaired) electrons. The maximum absolute atomic E-state index is 12.7. The largest absolute Gasteiger partial charge is 0.486 e. The number of rotatable bonds is 5. The van der Waals surface area contributed by atoms with Crippen LogP contribution in [0.4, 0.5) is 0 Å². The van der Waals surface area contributed by atoms with Gasteiger partial charge in [0.1, 0.15) is 6.61 Å². The molecule has 0 heterocycles. The second kappa shape index (κ2) is 12.5. The molecular weight excluding hydrogens is 1090 g/mol. The molecule has 3 rings (SSSR count). The van der Waals surface area contributed by atoms with Gasteiger partial charge in [0, 0.05) is 8.95 Å². The lowest BCUT2D eigenvalue weighted by Gasteiger charge is -2.15. The van der Waals surface area contributed by atoms with Crippen molar-refractivity contribution < 1.29 is 14.3 Å². The summed E-state index contributed by atoms with van der Waals surface area (Å²) in [6.45, 7) is 0.302. The predicted molar refractivity (Wildman–Crippen MR) is 166 cm³/mol. The first-order chi connectivity index (χ1) is 15.5. The minimum atomic E-state index is -0.490. The summed E-state index contributed by atoms with van der Waals surface area (Å²) in [5, 5.41) is 0. The topological polar surface area (TPSA) is 35.5 Å². The number of halogens is 10. The van der Waals surface area contributed by atoms with Crippen molar-refractivity contribution in [3.63, 3.8) is 0 Å². The van der Waals surface area contributed by atoms with Crippen LogP contribution in [0.1, 0.15) is 15.9 Å². The Labute approximate surface area is 273 Å². The highest BCUT2D eigenvalue weighted by molar-refractivity contribution is 9.16. The Morgan fingerprint density at radius 2 is 0.909 bits per heavy atom. The summed E-state index contributed by atoms with van der Waals surface area (Å²) in [6.07, 6.45) is 0. The maximum Gasteiger partial charge on any atom is 0.343 e. The van der Waals surface area contributed by atoms with E-state index in [1.54, 1.807) is 12.1 Å². The third-order valence-corrected chi connectivity index (χ3v) is 16.1. The van der Waals surface area contributed by atoms with Gasteiger partial charge in [0.2, 0.25) is 0 Å². The van der Waals surface area contributed by atoms with Crippen molar-refractivity contribution in [1.29, 1.82) is 0 Å². The molecule has 13 heteroatoms. The first kappa shape index (κ1) is 29.3. The normalized spacial score (nSPS) is 11.0. The van der Waals surface area contributed by atoms with Gasteiger partial charge < -0.3 is 9.47 Å². The van der Waals surface area contributed by atoms with E-state index in [2.05, 4.69) is 159 Å². The van der Waals surface area contributed by atoms with Gasteiger partial charge in [-0.2, -0.15) is 0 Å². The van der Waals surface area contributed by atoms with Crippen molar-refractivity contribution in [2.45, 2.75) is 6.61 Å². The lowest BCUT2D eigenvalue weighted by molar-refractivity contribution is 0.0732. The Kier molecular flexibility index (Phi) is 11.1. The first-order valence-electron chi connectivity index (χ1n) is 8.42. The average molecular weight is 1090 g/mol. The number of carbonyl (C=O) groups is 1. The highest BCUT2D eigenvalue weighted by Crippen LogP contribution is 2.50. The number of carbonyl (C=O) groups excluding carboxylic acids is 1. The van der Waals surface area contributed by atoms with Crippen LogP contribution in [0, 0.1) is 0 Å². The number of benzene rings is 3. The average Bonchev–Trinajstić information content (AvgIpc) is 2.81. The molecular formula is C20H6Br10O3. The molecule has 0 spiro atoms. The molecule has 0 amide bonds. The monoisotopic (exact) mass is 1080 g/mol. The van der Waals surface area contributed by atoms with Gasteiger partial charge in [0.05, 0.1) is 41.3 Å². The molecule has 3 nitrogen and oxygen atoms in total. The van der Waals surface area contributed by atoms with Gasteiger partial charge in [-0.05, 0) is 177 Å².